The van der Waals surface area contributed by atoms with Crippen molar-refractivity contribution in [2.45, 2.75) is 26.8 Å². The molecule has 0 spiro atoms. The monoisotopic (exact) mass is 262 g/mol. The maximum absolute atomic E-state index is 12.5. The molecule has 0 aromatic carbocycles. The van der Waals surface area contributed by atoms with E-state index in [1.807, 2.05) is 6.92 Å². The van der Waals surface area contributed by atoms with Crippen LogP contribution in [0.4, 0.5) is 0 Å². The van der Waals surface area contributed by atoms with Crippen LogP contribution < -0.4 is 5.56 Å². The van der Waals surface area contributed by atoms with Crippen molar-refractivity contribution in [3.05, 3.63) is 22.4 Å². The lowest BCUT2D eigenvalue weighted by Crippen LogP contribution is -2.45. The molecule has 1 aliphatic heterocycles. The summed E-state index contributed by atoms with van der Waals surface area (Å²) in [5.41, 5.74) is 2.21. The van der Waals surface area contributed by atoms with Crippen molar-refractivity contribution in [3.63, 3.8) is 0 Å². The van der Waals surface area contributed by atoms with Gasteiger partial charge in [-0.2, -0.15) is 5.10 Å². The van der Waals surface area contributed by atoms with Crippen molar-refractivity contribution in [1.82, 2.24) is 19.3 Å². The zero-order chi connectivity index (χ0) is 13.6. The van der Waals surface area contributed by atoms with Crippen LogP contribution in [0.5, 0.6) is 0 Å². The molecule has 0 saturated carbocycles. The number of rotatable bonds is 3. The van der Waals surface area contributed by atoms with Gasteiger partial charge in [-0.25, -0.2) is 4.98 Å². The minimum atomic E-state index is -0.0205. The Morgan fingerprint density at radius 2 is 2.21 bits per heavy atom. The summed E-state index contributed by atoms with van der Waals surface area (Å²) in [6.07, 6.45) is 2.41. The molecule has 2 aromatic heterocycles. The van der Waals surface area contributed by atoms with Crippen LogP contribution in [0.15, 0.2) is 11.1 Å². The highest BCUT2D eigenvalue weighted by atomic mass is 16.5. The van der Waals surface area contributed by atoms with E-state index in [1.165, 1.54) is 0 Å². The molecule has 0 atom stereocenters. The van der Waals surface area contributed by atoms with Crippen LogP contribution in [0, 0.1) is 5.41 Å². The van der Waals surface area contributed by atoms with Crippen molar-refractivity contribution >= 4 is 11.0 Å². The number of aromatic nitrogens is 4. The van der Waals surface area contributed by atoms with Crippen LogP contribution in [0.25, 0.3) is 11.0 Å². The molecule has 2 aromatic rings. The van der Waals surface area contributed by atoms with Gasteiger partial charge in [-0.1, -0.05) is 13.8 Å². The van der Waals surface area contributed by atoms with Crippen molar-refractivity contribution in [2.24, 2.45) is 12.5 Å². The van der Waals surface area contributed by atoms with E-state index in [2.05, 4.69) is 17.0 Å². The van der Waals surface area contributed by atoms with Gasteiger partial charge in [0.05, 0.1) is 25.2 Å². The highest BCUT2D eigenvalue weighted by molar-refractivity contribution is 5.76. The van der Waals surface area contributed by atoms with Crippen LogP contribution in [0.1, 0.15) is 19.5 Å². The van der Waals surface area contributed by atoms with Crippen molar-refractivity contribution in [3.8, 4) is 0 Å². The Kier molecular flexibility index (Phi) is 2.70. The molecule has 0 N–H and O–H groups in total. The van der Waals surface area contributed by atoms with Gasteiger partial charge in [0.1, 0.15) is 5.52 Å². The minimum absolute atomic E-state index is 0.0205. The molecular formula is C13H18N4O2. The Labute approximate surface area is 111 Å². The van der Waals surface area contributed by atoms with Crippen LogP contribution in [0.3, 0.4) is 0 Å². The van der Waals surface area contributed by atoms with Crippen LogP contribution in [-0.4, -0.2) is 32.5 Å². The summed E-state index contributed by atoms with van der Waals surface area (Å²) in [7, 11) is 1.79. The third-order valence-electron chi connectivity index (χ3n) is 3.67. The molecule has 3 heterocycles. The van der Waals surface area contributed by atoms with E-state index < -0.39 is 0 Å². The molecule has 6 nitrogen and oxygen atoms in total. The Balaban J connectivity index is 2.10. The fourth-order valence-corrected chi connectivity index (χ4v) is 2.56. The van der Waals surface area contributed by atoms with Gasteiger partial charge in [-0.05, 0) is 6.42 Å². The van der Waals surface area contributed by atoms with E-state index in [9.17, 15) is 4.79 Å². The number of hydrogen-bond donors (Lipinski definition) is 0. The largest absolute Gasteiger partial charge is 0.380 e. The van der Waals surface area contributed by atoms with E-state index in [0.717, 1.165) is 17.6 Å². The predicted octanol–water partition coefficient (Wildman–Crippen LogP) is 0.729. The average Bonchev–Trinajstić information content (AvgIpc) is 2.68. The predicted molar refractivity (Wildman–Crippen MR) is 71.1 cm³/mol. The molecule has 0 amide bonds. The summed E-state index contributed by atoms with van der Waals surface area (Å²) in [5, 5.41) is 4.36. The third-order valence-corrected chi connectivity index (χ3v) is 3.67. The minimum Gasteiger partial charge on any atom is -0.380 e. The molecule has 6 heteroatoms. The first-order valence-corrected chi connectivity index (χ1v) is 6.53. The topological polar surface area (TPSA) is 61.9 Å². The van der Waals surface area contributed by atoms with Gasteiger partial charge in [0.25, 0.3) is 5.56 Å². The molecule has 0 unspecified atom stereocenters. The van der Waals surface area contributed by atoms with Gasteiger partial charge in [0.2, 0.25) is 0 Å². The van der Waals surface area contributed by atoms with E-state index in [-0.39, 0.29) is 11.0 Å². The second-order valence-corrected chi connectivity index (χ2v) is 5.60. The highest BCUT2D eigenvalue weighted by Crippen LogP contribution is 2.28. The normalized spacial score (nSPS) is 17.6. The van der Waals surface area contributed by atoms with Crippen molar-refractivity contribution < 1.29 is 4.74 Å². The number of fused-ring (bicyclic) bond motifs is 1. The molecule has 102 valence electrons. The first-order chi connectivity index (χ1) is 9.04. The lowest BCUT2D eigenvalue weighted by atomic mass is 9.88. The number of hydrogen-bond acceptors (Lipinski definition) is 4. The molecule has 1 fully saturated rings. The van der Waals surface area contributed by atoms with Gasteiger partial charge in [-0.3, -0.25) is 14.0 Å². The Morgan fingerprint density at radius 3 is 2.79 bits per heavy atom. The molecule has 0 bridgehead atoms. The van der Waals surface area contributed by atoms with Gasteiger partial charge in [-0.15, -0.1) is 0 Å². The SMILES string of the molecule is CCc1nn(C)c2c(=O)n(CC3(C)COC3)cnc12. The average molecular weight is 262 g/mol. The zero-order valence-corrected chi connectivity index (χ0v) is 11.5. The smallest absolute Gasteiger partial charge is 0.279 e. The quantitative estimate of drug-likeness (QED) is 0.818. The molecule has 1 saturated heterocycles. The number of ether oxygens (including phenoxy) is 1. The standard InChI is InChI=1S/C13H18N4O2/c1-4-9-10-11(16(3)15-9)12(18)17(8-14-10)5-13(2)6-19-7-13/h8H,4-7H2,1-3H3. The second-order valence-electron chi connectivity index (χ2n) is 5.60. The van der Waals surface area contributed by atoms with E-state index in [1.54, 1.807) is 22.6 Å². The van der Waals surface area contributed by atoms with E-state index in [0.29, 0.717) is 25.3 Å². The molecule has 0 radical (unpaired) electrons. The zero-order valence-electron chi connectivity index (χ0n) is 11.5. The number of nitrogens with zero attached hydrogens (tertiary/aromatic N) is 4. The van der Waals surface area contributed by atoms with E-state index >= 15 is 0 Å². The second kappa shape index (κ2) is 4.16. The van der Waals surface area contributed by atoms with Crippen LogP contribution in [-0.2, 0) is 24.8 Å². The molecule has 19 heavy (non-hydrogen) atoms. The Morgan fingerprint density at radius 1 is 1.47 bits per heavy atom. The first kappa shape index (κ1) is 12.3. The fraction of sp³-hybridized carbons (Fsp3) is 0.615. The highest BCUT2D eigenvalue weighted by Gasteiger charge is 2.34. The maximum Gasteiger partial charge on any atom is 0.279 e. The Bertz CT molecular complexity index is 682. The molecule has 1 aliphatic rings. The maximum atomic E-state index is 12.5. The molecular weight excluding hydrogens is 244 g/mol. The van der Waals surface area contributed by atoms with Gasteiger partial charge < -0.3 is 4.74 Å². The van der Waals surface area contributed by atoms with Crippen LogP contribution >= 0.6 is 0 Å². The third kappa shape index (κ3) is 1.87. The van der Waals surface area contributed by atoms with E-state index in [4.69, 9.17) is 4.74 Å². The molecule has 0 aliphatic carbocycles. The summed E-state index contributed by atoms with van der Waals surface area (Å²) in [6, 6.07) is 0. The lowest BCUT2D eigenvalue weighted by molar-refractivity contribution is -0.110. The summed E-state index contributed by atoms with van der Waals surface area (Å²) >= 11 is 0. The first-order valence-electron chi connectivity index (χ1n) is 6.53. The summed E-state index contributed by atoms with van der Waals surface area (Å²) in [6.45, 7) is 6.17. The van der Waals surface area contributed by atoms with Gasteiger partial charge in [0.15, 0.2) is 5.52 Å². The Hall–Kier alpha value is -1.69. The number of aryl methyl sites for hydroxylation is 2. The fourth-order valence-electron chi connectivity index (χ4n) is 2.56. The van der Waals surface area contributed by atoms with Crippen LogP contribution in [0.2, 0.25) is 0 Å². The summed E-state index contributed by atoms with van der Waals surface area (Å²) < 4.78 is 8.54. The van der Waals surface area contributed by atoms with Crippen molar-refractivity contribution in [1.29, 1.82) is 0 Å². The van der Waals surface area contributed by atoms with Gasteiger partial charge >= 0.3 is 0 Å². The molecule has 3 rings (SSSR count). The summed E-state index contributed by atoms with van der Waals surface area (Å²) in [5.74, 6) is 0. The van der Waals surface area contributed by atoms with Crippen molar-refractivity contribution in [2.75, 3.05) is 13.2 Å². The van der Waals surface area contributed by atoms with Gasteiger partial charge in [0, 0.05) is 19.0 Å². The summed E-state index contributed by atoms with van der Waals surface area (Å²) in [4.78, 5) is 16.9. The lowest BCUT2D eigenvalue weighted by Gasteiger charge is -2.38.